The molecular weight excluding hydrogens is 291 g/mol. The van der Waals surface area contributed by atoms with Crippen LogP contribution in [0.2, 0.25) is 0 Å². The van der Waals surface area contributed by atoms with Crippen molar-refractivity contribution < 1.29 is 22.6 Å². The number of hydrogen-bond donors (Lipinski definition) is 1. The fourth-order valence-corrected chi connectivity index (χ4v) is 2.86. The Morgan fingerprint density at radius 1 is 1.35 bits per heavy atom. The van der Waals surface area contributed by atoms with Crippen LogP contribution >= 0.6 is 0 Å². The Morgan fingerprint density at radius 2 is 2.00 bits per heavy atom. The number of nitro groups is 1. The molecule has 110 valence electrons. The second-order valence-electron chi connectivity index (χ2n) is 4.48. The number of nitrogens with zero attached hydrogens (tertiary/aromatic N) is 1. The summed E-state index contributed by atoms with van der Waals surface area (Å²) in [7, 11) is -4.06. The topological polar surface area (TPSA) is 98.5 Å². The molecule has 0 heterocycles. The maximum absolute atomic E-state index is 13.2. The van der Waals surface area contributed by atoms with Gasteiger partial charge in [-0.05, 0) is 25.0 Å². The van der Waals surface area contributed by atoms with Crippen LogP contribution in [0.5, 0.6) is 0 Å². The van der Waals surface area contributed by atoms with Crippen molar-refractivity contribution in [3.8, 4) is 0 Å². The van der Waals surface area contributed by atoms with Gasteiger partial charge in [0.15, 0.2) is 0 Å². The molecule has 0 spiro atoms. The molecule has 0 unspecified atom stereocenters. The third-order valence-electron chi connectivity index (χ3n) is 3.05. The number of nitrogens with one attached hydrogen (secondary N) is 1. The molecule has 2 rings (SSSR count). The SMILES string of the molecule is O=[N+]([O-])c1cc(S(=O)(=O)NOC2CCCC2)ccc1F. The van der Waals surface area contributed by atoms with Gasteiger partial charge in [-0.25, -0.2) is 8.42 Å². The lowest BCUT2D eigenvalue weighted by Crippen LogP contribution is -2.28. The van der Waals surface area contributed by atoms with Crippen LogP contribution in [0.1, 0.15) is 25.7 Å². The van der Waals surface area contributed by atoms with Crippen LogP contribution in [-0.2, 0) is 14.9 Å². The molecule has 0 bridgehead atoms. The minimum absolute atomic E-state index is 0.194. The van der Waals surface area contributed by atoms with Crippen molar-refractivity contribution in [1.82, 2.24) is 4.89 Å². The van der Waals surface area contributed by atoms with Crippen LogP contribution in [0.4, 0.5) is 10.1 Å². The first-order chi connectivity index (χ1) is 9.40. The molecule has 1 fully saturated rings. The Labute approximate surface area is 114 Å². The maximum atomic E-state index is 13.2. The van der Waals surface area contributed by atoms with E-state index in [1.54, 1.807) is 0 Å². The van der Waals surface area contributed by atoms with E-state index in [1.807, 2.05) is 4.89 Å². The highest BCUT2D eigenvalue weighted by Gasteiger charge is 2.24. The van der Waals surface area contributed by atoms with Crippen molar-refractivity contribution in [2.45, 2.75) is 36.7 Å². The quantitative estimate of drug-likeness (QED) is 0.661. The van der Waals surface area contributed by atoms with E-state index in [0.29, 0.717) is 6.07 Å². The summed E-state index contributed by atoms with van der Waals surface area (Å²) in [6.45, 7) is 0. The number of nitro benzene ring substituents is 1. The Bertz CT molecular complexity index is 613. The Kier molecular flexibility index (Phi) is 4.31. The highest BCUT2D eigenvalue weighted by Crippen LogP contribution is 2.23. The van der Waals surface area contributed by atoms with Gasteiger partial charge in [0.2, 0.25) is 5.82 Å². The zero-order valence-electron chi connectivity index (χ0n) is 10.4. The normalized spacial score (nSPS) is 16.4. The minimum Gasteiger partial charge on any atom is -0.284 e. The molecule has 7 nitrogen and oxygen atoms in total. The molecule has 1 aliphatic carbocycles. The molecule has 1 aromatic carbocycles. The van der Waals surface area contributed by atoms with Gasteiger partial charge in [-0.1, -0.05) is 17.7 Å². The van der Waals surface area contributed by atoms with Crippen LogP contribution in [0.15, 0.2) is 23.1 Å². The van der Waals surface area contributed by atoms with E-state index in [1.165, 1.54) is 0 Å². The summed E-state index contributed by atoms with van der Waals surface area (Å²) in [5.74, 6) is -1.09. The van der Waals surface area contributed by atoms with Crippen LogP contribution < -0.4 is 4.89 Å². The van der Waals surface area contributed by atoms with Gasteiger partial charge in [-0.15, -0.1) is 0 Å². The van der Waals surface area contributed by atoms with Gasteiger partial charge in [0.25, 0.3) is 10.0 Å². The smallest absolute Gasteiger partial charge is 0.284 e. The first-order valence-electron chi connectivity index (χ1n) is 6.01. The lowest BCUT2D eigenvalue weighted by atomic mass is 10.3. The molecular formula is C11H13FN2O5S. The summed E-state index contributed by atoms with van der Waals surface area (Å²) in [6.07, 6.45) is 3.25. The standard InChI is InChI=1S/C11H13FN2O5S/c12-10-6-5-9(7-11(10)14(15)16)20(17,18)13-19-8-3-1-2-4-8/h5-8,13H,1-4H2. The summed E-state index contributed by atoms with van der Waals surface area (Å²) in [4.78, 5) is 16.2. The van der Waals surface area contributed by atoms with Gasteiger partial charge in [0, 0.05) is 6.07 Å². The van der Waals surface area contributed by atoms with Gasteiger partial charge in [-0.3, -0.25) is 15.0 Å². The Balaban J connectivity index is 2.16. The second kappa shape index (κ2) is 5.81. The first kappa shape index (κ1) is 14.8. The third-order valence-corrected chi connectivity index (χ3v) is 4.24. The molecule has 0 atom stereocenters. The largest absolute Gasteiger partial charge is 0.306 e. The van der Waals surface area contributed by atoms with Crippen LogP contribution in [0, 0.1) is 15.9 Å². The van der Waals surface area contributed by atoms with Crippen LogP contribution in [0.3, 0.4) is 0 Å². The van der Waals surface area contributed by atoms with E-state index in [4.69, 9.17) is 4.84 Å². The van der Waals surface area contributed by atoms with Crippen molar-refractivity contribution in [3.05, 3.63) is 34.1 Å². The van der Waals surface area contributed by atoms with Crippen LogP contribution in [0.25, 0.3) is 0 Å². The number of sulfonamides is 1. The second-order valence-corrected chi connectivity index (χ2v) is 6.13. The lowest BCUT2D eigenvalue weighted by Gasteiger charge is -2.11. The number of rotatable bonds is 5. The fraction of sp³-hybridized carbons (Fsp3) is 0.455. The van der Waals surface area contributed by atoms with Gasteiger partial charge in [-0.2, -0.15) is 4.39 Å². The molecule has 20 heavy (non-hydrogen) atoms. The number of benzene rings is 1. The van der Waals surface area contributed by atoms with E-state index in [2.05, 4.69) is 0 Å². The van der Waals surface area contributed by atoms with E-state index < -0.39 is 31.3 Å². The highest BCUT2D eigenvalue weighted by atomic mass is 32.2. The summed E-state index contributed by atoms with van der Waals surface area (Å²) in [5, 5.41) is 10.6. The van der Waals surface area contributed by atoms with E-state index in [0.717, 1.165) is 37.8 Å². The predicted molar refractivity (Wildman–Crippen MR) is 66.7 cm³/mol. The predicted octanol–water partition coefficient (Wildman–Crippen LogP) is 1.89. The van der Waals surface area contributed by atoms with E-state index in [-0.39, 0.29) is 6.10 Å². The van der Waals surface area contributed by atoms with E-state index >= 15 is 0 Å². The van der Waals surface area contributed by atoms with Gasteiger partial charge < -0.3 is 0 Å². The van der Waals surface area contributed by atoms with Crippen molar-refractivity contribution in [2.75, 3.05) is 0 Å². The molecule has 0 aromatic heterocycles. The van der Waals surface area contributed by atoms with Gasteiger partial charge >= 0.3 is 5.69 Å². The number of halogens is 1. The summed E-state index contributed by atoms with van der Waals surface area (Å²) < 4.78 is 36.9. The average molecular weight is 304 g/mol. The molecule has 1 N–H and O–H groups in total. The molecule has 9 heteroatoms. The van der Waals surface area contributed by atoms with Crippen molar-refractivity contribution >= 4 is 15.7 Å². The molecule has 0 amide bonds. The zero-order chi connectivity index (χ0) is 14.8. The molecule has 1 aromatic rings. The molecule has 0 aliphatic heterocycles. The summed E-state index contributed by atoms with van der Waals surface area (Å²) >= 11 is 0. The van der Waals surface area contributed by atoms with Crippen LogP contribution in [-0.4, -0.2) is 19.4 Å². The lowest BCUT2D eigenvalue weighted by molar-refractivity contribution is -0.387. The van der Waals surface area contributed by atoms with Gasteiger partial charge in [0.1, 0.15) is 0 Å². The van der Waals surface area contributed by atoms with Crippen molar-refractivity contribution in [3.63, 3.8) is 0 Å². The highest BCUT2D eigenvalue weighted by molar-refractivity contribution is 7.89. The van der Waals surface area contributed by atoms with E-state index in [9.17, 15) is 22.9 Å². The average Bonchev–Trinajstić information content (AvgIpc) is 2.89. The summed E-state index contributed by atoms with van der Waals surface area (Å²) in [5.41, 5.74) is -0.895. The monoisotopic (exact) mass is 304 g/mol. The molecule has 1 aliphatic rings. The molecule has 0 radical (unpaired) electrons. The zero-order valence-corrected chi connectivity index (χ0v) is 11.2. The Morgan fingerprint density at radius 3 is 2.60 bits per heavy atom. The summed E-state index contributed by atoms with van der Waals surface area (Å²) in [6, 6.07) is 2.35. The fourth-order valence-electron chi connectivity index (χ4n) is 1.99. The minimum atomic E-state index is -4.06. The maximum Gasteiger partial charge on any atom is 0.306 e. The number of hydrogen-bond acceptors (Lipinski definition) is 5. The molecule has 0 saturated heterocycles. The molecule has 1 saturated carbocycles. The van der Waals surface area contributed by atoms with Crippen molar-refractivity contribution in [1.29, 1.82) is 0 Å². The first-order valence-corrected chi connectivity index (χ1v) is 7.50. The Hall–Kier alpha value is -1.58. The third kappa shape index (κ3) is 3.30. The van der Waals surface area contributed by atoms with Crippen molar-refractivity contribution in [2.24, 2.45) is 0 Å². The van der Waals surface area contributed by atoms with Gasteiger partial charge in [0.05, 0.1) is 15.9 Å².